The average Bonchev–Trinajstić information content (AvgIpc) is 2.49. The smallest absolute Gasteiger partial charge is 0.266 e. The number of hydrogen-bond acceptors (Lipinski definition) is 2. The maximum atomic E-state index is 13.1. The molecule has 0 radical (unpaired) electrons. The van der Waals surface area contributed by atoms with Gasteiger partial charge in [0.2, 0.25) is 0 Å². The summed E-state index contributed by atoms with van der Waals surface area (Å²) in [6, 6.07) is 11.3. The van der Waals surface area contributed by atoms with Gasteiger partial charge in [-0.25, -0.2) is 9.37 Å². The van der Waals surface area contributed by atoms with Crippen LogP contribution in [0.5, 0.6) is 0 Å². The Bertz CT molecular complexity index is 872. The van der Waals surface area contributed by atoms with Crippen molar-refractivity contribution in [1.29, 1.82) is 0 Å². The molecule has 0 spiro atoms. The summed E-state index contributed by atoms with van der Waals surface area (Å²) in [7, 11) is 0. The highest BCUT2D eigenvalue weighted by molar-refractivity contribution is 9.10. The van der Waals surface area contributed by atoms with Crippen molar-refractivity contribution in [3.63, 3.8) is 0 Å². The Kier molecular flexibility index (Phi) is 3.59. The lowest BCUT2D eigenvalue weighted by molar-refractivity contribution is 0.627. The van der Waals surface area contributed by atoms with Gasteiger partial charge in [0.25, 0.3) is 5.56 Å². The van der Waals surface area contributed by atoms with Gasteiger partial charge in [-0.05, 0) is 42.5 Å². The molecule has 0 saturated heterocycles. The van der Waals surface area contributed by atoms with Crippen molar-refractivity contribution in [2.45, 2.75) is 13.3 Å². The largest absolute Gasteiger partial charge is 0.268 e. The van der Waals surface area contributed by atoms with E-state index in [0.29, 0.717) is 28.8 Å². The summed E-state index contributed by atoms with van der Waals surface area (Å²) in [5, 5.41) is 0.533. The number of aromatic nitrogens is 2. The Hall–Kier alpha value is -2.01. The minimum atomic E-state index is -0.332. The highest BCUT2D eigenvalue weighted by Gasteiger charge is 2.11. The maximum absolute atomic E-state index is 13.1. The number of rotatable bonds is 2. The van der Waals surface area contributed by atoms with Gasteiger partial charge in [-0.1, -0.05) is 22.9 Å². The molecule has 0 bridgehead atoms. The molecular weight excluding hydrogens is 335 g/mol. The molecule has 1 aromatic heterocycles. The van der Waals surface area contributed by atoms with Gasteiger partial charge in [-0.15, -0.1) is 0 Å². The maximum Gasteiger partial charge on any atom is 0.266 e. The second-order valence-corrected chi connectivity index (χ2v) is 5.58. The second-order valence-electron chi connectivity index (χ2n) is 4.66. The van der Waals surface area contributed by atoms with E-state index in [1.165, 1.54) is 16.7 Å². The molecule has 0 aliphatic heterocycles. The Balaban J connectivity index is 2.37. The fraction of sp³-hybridized carbons (Fsp3) is 0.125. The first kappa shape index (κ1) is 13.9. The molecule has 2 aromatic carbocycles. The van der Waals surface area contributed by atoms with Crippen LogP contribution in [0, 0.1) is 5.82 Å². The number of halogens is 2. The molecule has 106 valence electrons. The fourth-order valence-electron chi connectivity index (χ4n) is 2.30. The zero-order valence-corrected chi connectivity index (χ0v) is 12.9. The summed E-state index contributed by atoms with van der Waals surface area (Å²) >= 11 is 3.37. The molecule has 0 aliphatic rings. The van der Waals surface area contributed by atoms with Crippen molar-refractivity contribution >= 4 is 26.8 Å². The van der Waals surface area contributed by atoms with Crippen LogP contribution in [0.15, 0.2) is 51.7 Å². The predicted molar refractivity (Wildman–Crippen MR) is 84.4 cm³/mol. The van der Waals surface area contributed by atoms with Gasteiger partial charge in [0.1, 0.15) is 11.6 Å². The summed E-state index contributed by atoms with van der Waals surface area (Å²) < 4.78 is 15.4. The molecular formula is C16H12BrFN2O. The molecule has 0 atom stereocenters. The van der Waals surface area contributed by atoms with Crippen molar-refractivity contribution in [1.82, 2.24) is 9.55 Å². The van der Waals surface area contributed by atoms with Crippen molar-refractivity contribution in [2.75, 3.05) is 0 Å². The van der Waals surface area contributed by atoms with Gasteiger partial charge >= 0.3 is 0 Å². The van der Waals surface area contributed by atoms with Crippen LogP contribution in [-0.4, -0.2) is 9.55 Å². The number of fused-ring (bicyclic) bond motifs is 1. The van der Waals surface area contributed by atoms with E-state index >= 15 is 0 Å². The topological polar surface area (TPSA) is 34.9 Å². The Labute approximate surface area is 129 Å². The van der Waals surface area contributed by atoms with Crippen molar-refractivity contribution in [3.8, 4) is 5.69 Å². The third-order valence-electron chi connectivity index (χ3n) is 3.30. The molecule has 5 heteroatoms. The molecule has 0 amide bonds. The first-order valence-corrected chi connectivity index (χ1v) is 7.36. The zero-order valence-electron chi connectivity index (χ0n) is 11.3. The molecule has 21 heavy (non-hydrogen) atoms. The SMILES string of the molecule is CCc1nc2ccc(Br)cc2c(=O)n1-c1ccc(F)cc1. The van der Waals surface area contributed by atoms with Gasteiger partial charge < -0.3 is 0 Å². The highest BCUT2D eigenvalue weighted by atomic mass is 79.9. The molecule has 3 nitrogen and oxygen atoms in total. The standard InChI is InChI=1S/C16H12BrFN2O/c1-2-15-19-14-8-3-10(17)9-13(14)16(21)20(15)12-6-4-11(18)5-7-12/h3-9H,2H2,1H3. The lowest BCUT2D eigenvalue weighted by Crippen LogP contribution is -2.23. The molecule has 0 unspecified atom stereocenters. The molecule has 3 rings (SSSR count). The summed E-state index contributed by atoms with van der Waals surface area (Å²) in [5.41, 5.74) is 1.13. The van der Waals surface area contributed by atoms with Crippen LogP contribution in [0.1, 0.15) is 12.7 Å². The van der Waals surface area contributed by atoms with Crippen molar-refractivity contribution in [2.24, 2.45) is 0 Å². The zero-order chi connectivity index (χ0) is 15.0. The van der Waals surface area contributed by atoms with E-state index in [1.807, 2.05) is 19.1 Å². The molecule has 0 saturated carbocycles. The first-order valence-electron chi connectivity index (χ1n) is 6.57. The van der Waals surface area contributed by atoms with Crippen LogP contribution in [0.2, 0.25) is 0 Å². The monoisotopic (exact) mass is 346 g/mol. The van der Waals surface area contributed by atoms with Crippen molar-refractivity contribution < 1.29 is 4.39 Å². The van der Waals surface area contributed by atoms with E-state index in [9.17, 15) is 9.18 Å². The number of nitrogens with zero attached hydrogens (tertiary/aromatic N) is 2. The third kappa shape index (κ3) is 2.49. The third-order valence-corrected chi connectivity index (χ3v) is 3.79. The first-order chi connectivity index (χ1) is 10.1. The van der Waals surface area contributed by atoms with Crippen LogP contribution in [0.4, 0.5) is 4.39 Å². The lowest BCUT2D eigenvalue weighted by Gasteiger charge is -2.12. The number of aryl methyl sites for hydroxylation is 1. The highest BCUT2D eigenvalue weighted by Crippen LogP contribution is 2.18. The van der Waals surface area contributed by atoms with E-state index in [-0.39, 0.29) is 11.4 Å². The molecule has 0 aliphatic carbocycles. The molecule has 0 N–H and O–H groups in total. The van der Waals surface area contributed by atoms with E-state index in [0.717, 1.165) is 4.47 Å². The van der Waals surface area contributed by atoms with Gasteiger partial charge in [-0.2, -0.15) is 0 Å². The van der Waals surface area contributed by atoms with Crippen LogP contribution in [-0.2, 0) is 6.42 Å². The molecule has 0 fully saturated rings. The van der Waals surface area contributed by atoms with E-state index < -0.39 is 0 Å². The normalized spacial score (nSPS) is 11.0. The quantitative estimate of drug-likeness (QED) is 0.706. The second kappa shape index (κ2) is 5.41. The van der Waals surface area contributed by atoms with E-state index in [4.69, 9.17) is 0 Å². The van der Waals surface area contributed by atoms with Gasteiger partial charge in [0, 0.05) is 10.9 Å². The molecule has 3 aromatic rings. The Morgan fingerprint density at radius 1 is 1.19 bits per heavy atom. The minimum Gasteiger partial charge on any atom is -0.268 e. The summed E-state index contributed by atoms with van der Waals surface area (Å²) in [6.07, 6.45) is 0.610. The van der Waals surface area contributed by atoms with E-state index in [2.05, 4.69) is 20.9 Å². The van der Waals surface area contributed by atoms with Crippen LogP contribution in [0.3, 0.4) is 0 Å². The van der Waals surface area contributed by atoms with Crippen LogP contribution in [0.25, 0.3) is 16.6 Å². The van der Waals surface area contributed by atoms with Crippen LogP contribution < -0.4 is 5.56 Å². The number of hydrogen-bond donors (Lipinski definition) is 0. The average molecular weight is 347 g/mol. The van der Waals surface area contributed by atoms with Crippen molar-refractivity contribution in [3.05, 3.63) is 68.9 Å². The van der Waals surface area contributed by atoms with E-state index in [1.54, 1.807) is 18.2 Å². The lowest BCUT2D eigenvalue weighted by atomic mass is 10.2. The number of benzene rings is 2. The predicted octanol–water partition coefficient (Wildman–Crippen LogP) is 3.85. The van der Waals surface area contributed by atoms with Gasteiger partial charge in [-0.3, -0.25) is 9.36 Å². The Morgan fingerprint density at radius 3 is 2.57 bits per heavy atom. The Morgan fingerprint density at radius 2 is 1.90 bits per heavy atom. The van der Waals surface area contributed by atoms with Crippen LogP contribution >= 0.6 is 15.9 Å². The summed E-state index contributed by atoms with van der Waals surface area (Å²) in [4.78, 5) is 17.3. The van der Waals surface area contributed by atoms with Gasteiger partial charge in [0.05, 0.1) is 16.6 Å². The molecule has 1 heterocycles. The minimum absolute atomic E-state index is 0.148. The summed E-state index contributed by atoms with van der Waals surface area (Å²) in [6.45, 7) is 1.94. The fourth-order valence-corrected chi connectivity index (χ4v) is 2.66. The van der Waals surface area contributed by atoms with Gasteiger partial charge in [0.15, 0.2) is 0 Å². The summed E-state index contributed by atoms with van der Waals surface area (Å²) in [5.74, 6) is 0.322.